The van der Waals surface area contributed by atoms with E-state index >= 15 is 0 Å². The summed E-state index contributed by atoms with van der Waals surface area (Å²) in [5, 5.41) is 11.2. The second kappa shape index (κ2) is 8.45. The zero-order chi connectivity index (χ0) is 21.0. The predicted molar refractivity (Wildman–Crippen MR) is 103 cm³/mol. The molecule has 1 aromatic heterocycles. The summed E-state index contributed by atoms with van der Waals surface area (Å²) < 4.78 is 38.0. The number of benzene rings is 2. The molecule has 0 saturated carbocycles. The maximum atomic E-state index is 12.7. The van der Waals surface area contributed by atoms with Gasteiger partial charge < -0.3 is 9.47 Å². The van der Waals surface area contributed by atoms with E-state index in [-0.39, 0.29) is 27.9 Å². The Kier molecular flexibility index (Phi) is 5.99. The van der Waals surface area contributed by atoms with E-state index in [1.807, 2.05) is 0 Å². The number of methoxy groups -OCH3 is 1. The zero-order valence-electron chi connectivity index (χ0n) is 15.4. The van der Waals surface area contributed by atoms with Gasteiger partial charge in [-0.25, -0.2) is 13.2 Å². The molecule has 10 nitrogen and oxygen atoms in total. The van der Waals surface area contributed by atoms with Gasteiger partial charge in [0.2, 0.25) is 5.82 Å². The molecule has 152 valence electrons. The number of rotatable bonds is 7. The van der Waals surface area contributed by atoms with Crippen LogP contribution in [0.15, 0.2) is 47.4 Å². The number of hydrogen-bond donors (Lipinski definition) is 1. The van der Waals surface area contributed by atoms with Crippen molar-refractivity contribution in [3.05, 3.63) is 58.9 Å². The lowest BCUT2D eigenvalue weighted by molar-refractivity contribution is 0.0461. The molecular formula is C17H16ClN5O5S. The maximum absolute atomic E-state index is 12.7. The highest BCUT2D eigenvalue weighted by molar-refractivity contribution is 7.92. The molecule has 0 aliphatic carbocycles. The second-order valence-corrected chi connectivity index (χ2v) is 7.81. The van der Waals surface area contributed by atoms with Crippen LogP contribution in [0.25, 0.3) is 0 Å². The summed E-state index contributed by atoms with van der Waals surface area (Å²) in [6.45, 7) is -0.207. The number of tetrazole rings is 1. The summed E-state index contributed by atoms with van der Waals surface area (Å²) >= 11 is 6.05. The molecule has 0 spiro atoms. The highest BCUT2D eigenvalue weighted by Gasteiger charge is 2.21. The van der Waals surface area contributed by atoms with E-state index in [0.29, 0.717) is 11.4 Å². The van der Waals surface area contributed by atoms with Crippen molar-refractivity contribution in [2.24, 2.45) is 7.05 Å². The molecular weight excluding hydrogens is 422 g/mol. The van der Waals surface area contributed by atoms with E-state index in [4.69, 9.17) is 21.1 Å². The number of nitrogens with one attached hydrogen (secondary N) is 1. The van der Waals surface area contributed by atoms with Crippen LogP contribution in [0.2, 0.25) is 5.02 Å². The van der Waals surface area contributed by atoms with Crippen LogP contribution in [-0.2, 0) is 28.4 Å². The first-order chi connectivity index (χ1) is 13.8. The van der Waals surface area contributed by atoms with Gasteiger partial charge in [-0.05, 0) is 47.7 Å². The number of aryl methyl sites for hydroxylation is 1. The van der Waals surface area contributed by atoms with Gasteiger partial charge in [0.05, 0.1) is 24.7 Å². The van der Waals surface area contributed by atoms with Crippen LogP contribution in [0.4, 0.5) is 5.69 Å². The van der Waals surface area contributed by atoms with E-state index in [2.05, 4.69) is 20.1 Å². The third-order valence-corrected chi connectivity index (χ3v) is 5.54. The van der Waals surface area contributed by atoms with E-state index in [1.165, 1.54) is 36.2 Å². The number of sulfonamides is 1. The van der Waals surface area contributed by atoms with Crippen molar-refractivity contribution < 1.29 is 22.7 Å². The summed E-state index contributed by atoms with van der Waals surface area (Å²) in [6.07, 6.45) is 0. The third kappa shape index (κ3) is 5.00. The van der Waals surface area contributed by atoms with E-state index in [1.54, 1.807) is 19.2 Å². The zero-order valence-corrected chi connectivity index (χ0v) is 16.9. The number of esters is 1. The van der Waals surface area contributed by atoms with E-state index in [0.717, 1.165) is 6.07 Å². The predicted octanol–water partition coefficient (Wildman–Crippen LogP) is 2.03. The molecule has 29 heavy (non-hydrogen) atoms. The lowest BCUT2D eigenvalue weighted by Crippen LogP contribution is -2.15. The fourth-order valence-electron chi connectivity index (χ4n) is 2.30. The number of aromatic nitrogens is 4. The van der Waals surface area contributed by atoms with Gasteiger partial charge in [-0.2, -0.15) is 4.80 Å². The average Bonchev–Trinajstić information content (AvgIpc) is 3.12. The Bertz CT molecular complexity index is 1130. The van der Waals surface area contributed by atoms with E-state index in [9.17, 15) is 13.2 Å². The van der Waals surface area contributed by atoms with Crippen LogP contribution >= 0.6 is 11.6 Å². The van der Waals surface area contributed by atoms with Crippen molar-refractivity contribution >= 4 is 33.3 Å². The molecule has 1 N–H and O–H groups in total. The fourth-order valence-corrected chi connectivity index (χ4v) is 3.89. The highest BCUT2D eigenvalue weighted by atomic mass is 35.5. The second-order valence-electron chi connectivity index (χ2n) is 5.75. The molecule has 0 aliphatic rings. The smallest absolute Gasteiger partial charge is 0.338 e. The molecule has 0 bridgehead atoms. The van der Waals surface area contributed by atoms with Crippen LogP contribution in [0.1, 0.15) is 16.2 Å². The van der Waals surface area contributed by atoms with Crippen molar-refractivity contribution in [1.82, 2.24) is 20.2 Å². The molecule has 0 saturated heterocycles. The van der Waals surface area contributed by atoms with Gasteiger partial charge in [0, 0.05) is 5.69 Å². The van der Waals surface area contributed by atoms with Gasteiger partial charge in [-0.15, -0.1) is 10.2 Å². The minimum Gasteiger partial charge on any atom is -0.497 e. The van der Waals surface area contributed by atoms with Gasteiger partial charge in [0.25, 0.3) is 10.0 Å². The van der Waals surface area contributed by atoms with Crippen molar-refractivity contribution in [2.75, 3.05) is 11.8 Å². The van der Waals surface area contributed by atoms with Crippen LogP contribution < -0.4 is 9.46 Å². The Morgan fingerprint density at radius 1 is 1.21 bits per heavy atom. The molecule has 0 unspecified atom stereocenters. The van der Waals surface area contributed by atoms with Gasteiger partial charge in [-0.1, -0.05) is 11.6 Å². The number of ether oxygens (including phenoxy) is 2. The van der Waals surface area contributed by atoms with Gasteiger partial charge >= 0.3 is 5.97 Å². The SMILES string of the molecule is COc1ccc(NS(=O)(=O)c2cc(C(=O)OCc3nnn(C)n3)ccc2Cl)cc1. The Morgan fingerprint density at radius 3 is 2.55 bits per heavy atom. The Morgan fingerprint density at radius 2 is 1.93 bits per heavy atom. The van der Waals surface area contributed by atoms with Crippen molar-refractivity contribution in [2.45, 2.75) is 11.5 Å². The number of carbonyl (C=O) groups is 1. The Labute approximate surface area is 171 Å². The standard InChI is InChI=1S/C17H16ClN5O5S/c1-23-20-16(19-22-23)10-28-17(24)11-3-8-14(18)15(9-11)29(25,26)21-12-4-6-13(27-2)7-5-12/h3-9,21H,10H2,1-2H3. The molecule has 0 amide bonds. The minimum atomic E-state index is -4.05. The maximum Gasteiger partial charge on any atom is 0.338 e. The average molecular weight is 438 g/mol. The quantitative estimate of drug-likeness (QED) is 0.556. The summed E-state index contributed by atoms with van der Waals surface area (Å²) in [5.74, 6) is 0.0344. The number of halogens is 1. The molecule has 12 heteroatoms. The molecule has 0 atom stereocenters. The number of carbonyl (C=O) groups excluding carboxylic acids is 1. The molecule has 0 radical (unpaired) electrons. The lowest BCUT2D eigenvalue weighted by atomic mass is 10.2. The van der Waals surface area contributed by atoms with Crippen molar-refractivity contribution in [3.63, 3.8) is 0 Å². The first-order valence-electron chi connectivity index (χ1n) is 8.15. The number of nitrogens with zero attached hydrogens (tertiary/aromatic N) is 4. The summed E-state index contributed by atoms with van der Waals surface area (Å²) in [6, 6.07) is 10.1. The molecule has 3 aromatic rings. The van der Waals surface area contributed by atoms with Crippen molar-refractivity contribution in [1.29, 1.82) is 0 Å². The highest BCUT2D eigenvalue weighted by Crippen LogP contribution is 2.26. The van der Waals surface area contributed by atoms with Gasteiger partial charge in [0.15, 0.2) is 6.61 Å². The van der Waals surface area contributed by atoms with Gasteiger partial charge in [0.1, 0.15) is 10.6 Å². The Balaban J connectivity index is 1.78. The monoisotopic (exact) mass is 437 g/mol. The fraction of sp³-hybridized carbons (Fsp3) is 0.176. The normalized spacial score (nSPS) is 11.1. The number of hydrogen-bond acceptors (Lipinski definition) is 8. The minimum absolute atomic E-state index is 0.00777. The van der Waals surface area contributed by atoms with Crippen LogP contribution in [0, 0.1) is 0 Å². The van der Waals surface area contributed by atoms with Crippen LogP contribution in [-0.4, -0.2) is 41.7 Å². The summed E-state index contributed by atoms with van der Waals surface area (Å²) in [5.41, 5.74) is 0.317. The van der Waals surface area contributed by atoms with E-state index < -0.39 is 16.0 Å². The largest absolute Gasteiger partial charge is 0.497 e. The van der Waals surface area contributed by atoms with Crippen LogP contribution in [0.3, 0.4) is 0 Å². The number of anilines is 1. The van der Waals surface area contributed by atoms with Gasteiger partial charge in [-0.3, -0.25) is 4.72 Å². The van der Waals surface area contributed by atoms with Crippen LogP contribution in [0.5, 0.6) is 5.75 Å². The Hall–Kier alpha value is -3.18. The molecule has 0 aliphatic heterocycles. The first-order valence-corrected chi connectivity index (χ1v) is 10.0. The molecule has 1 heterocycles. The van der Waals surface area contributed by atoms with Crippen molar-refractivity contribution in [3.8, 4) is 5.75 Å². The summed E-state index contributed by atoms with van der Waals surface area (Å²) in [7, 11) is -0.974. The lowest BCUT2D eigenvalue weighted by Gasteiger charge is -2.11. The summed E-state index contributed by atoms with van der Waals surface area (Å²) in [4.78, 5) is 13.2. The molecule has 2 aromatic carbocycles. The molecule has 0 fully saturated rings. The third-order valence-electron chi connectivity index (χ3n) is 3.68. The topological polar surface area (TPSA) is 125 Å². The first kappa shape index (κ1) is 20.6. The molecule has 3 rings (SSSR count).